The molecule has 0 aliphatic heterocycles. The van der Waals surface area contributed by atoms with Gasteiger partial charge in [-0.1, -0.05) is 18.2 Å². The molecule has 5 heteroatoms. The highest BCUT2D eigenvalue weighted by Crippen LogP contribution is 2.12. The summed E-state index contributed by atoms with van der Waals surface area (Å²) in [6.07, 6.45) is 0. The summed E-state index contributed by atoms with van der Waals surface area (Å²) < 4.78 is 13.4. The standard InChI is InChI=1S/C12H17FN2O.ClH/c1-9(2)15(12(16)7-14)8-10-5-3-4-6-11(10)13;/h3-6,9H,7-8,14H2,1-2H3;1H. The van der Waals surface area contributed by atoms with E-state index in [2.05, 4.69) is 0 Å². The highest BCUT2D eigenvalue weighted by atomic mass is 35.5. The Bertz CT molecular complexity index is 371. The molecule has 2 N–H and O–H groups in total. The van der Waals surface area contributed by atoms with Crippen molar-refractivity contribution in [3.8, 4) is 0 Å². The summed E-state index contributed by atoms with van der Waals surface area (Å²) in [6, 6.07) is 6.46. The quantitative estimate of drug-likeness (QED) is 0.899. The summed E-state index contributed by atoms with van der Waals surface area (Å²) in [7, 11) is 0. The Morgan fingerprint density at radius 2 is 2.00 bits per heavy atom. The molecule has 1 aromatic carbocycles. The van der Waals surface area contributed by atoms with Crippen LogP contribution in [0.4, 0.5) is 4.39 Å². The van der Waals surface area contributed by atoms with Gasteiger partial charge in [0.05, 0.1) is 6.54 Å². The summed E-state index contributed by atoms with van der Waals surface area (Å²) >= 11 is 0. The molecule has 0 radical (unpaired) electrons. The molecule has 0 saturated heterocycles. The molecule has 3 nitrogen and oxygen atoms in total. The zero-order chi connectivity index (χ0) is 12.1. The molecule has 0 unspecified atom stereocenters. The molecule has 0 saturated carbocycles. The number of carbonyl (C=O) groups is 1. The minimum Gasteiger partial charge on any atom is -0.335 e. The van der Waals surface area contributed by atoms with Crippen molar-refractivity contribution >= 4 is 18.3 Å². The summed E-state index contributed by atoms with van der Waals surface area (Å²) in [5.74, 6) is -0.462. The van der Waals surface area contributed by atoms with Gasteiger partial charge >= 0.3 is 0 Å². The van der Waals surface area contributed by atoms with Crippen LogP contribution in [-0.4, -0.2) is 23.4 Å². The predicted octanol–water partition coefficient (Wildman–Crippen LogP) is 1.94. The van der Waals surface area contributed by atoms with Crippen molar-refractivity contribution in [3.05, 3.63) is 35.6 Å². The lowest BCUT2D eigenvalue weighted by molar-refractivity contribution is -0.132. The van der Waals surface area contributed by atoms with E-state index in [9.17, 15) is 9.18 Å². The van der Waals surface area contributed by atoms with E-state index in [0.717, 1.165) is 0 Å². The van der Waals surface area contributed by atoms with E-state index in [1.807, 2.05) is 13.8 Å². The van der Waals surface area contributed by atoms with E-state index in [1.54, 1.807) is 23.1 Å². The maximum Gasteiger partial charge on any atom is 0.236 e. The molecule has 0 aromatic heterocycles. The first-order valence-corrected chi connectivity index (χ1v) is 5.29. The van der Waals surface area contributed by atoms with Gasteiger partial charge in [-0.05, 0) is 19.9 Å². The van der Waals surface area contributed by atoms with Crippen LogP contribution in [0.2, 0.25) is 0 Å². The van der Waals surface area contributed by atoms with E-state index in [1.165, 1.54) is 6.07 Å². The van der Waals surface area contributed by atoms with Crippen molar-refractivity contribution in [2.45, 2.75) is 26.4 Å². The minimum absolute atomic E-state index is 0. The van der Waals surface area contributed by atoms with Gasteiger partial charge in [0.15, 0.2) is 0 Å². The van der Waals surface area contributed by atoms with Crippen LogP contribution in [-0.2, 0) is 11.3 Å². The maximum absolute atomic E-state index is 13.4. The van der Waals surface area contributed by atoms with Gasteiger partial charge in [-0.25, -0.2) is 4.39 Å². The van der Waals surface area contributed by atoms with Crippen molar-refractivity contribution < 1.29 is 9.18 Å². The Labute approximate surface area is 107 Å². The molecule has 0 aliphatic carbocycles. The van der Waals surface area contributed by atoms with Gasteiger partial charge < -0.3 is 10.6 Å². The van der Waals surface area contributed by atoms with Gasteiger partial charge in [0.2, 0.25) is 5.91 Å². The van der Waals surface area contributed by atoms with Crippen LogP contribution in [0.1, 0.15) is 19.4 Å². The molecule has 0 atom stereocenters. The Kier molecular flexibility index (Phi) is 6.76. The van der Waals surface area contributed by atoms with Crippen LogP contribution in [0.25, 0.3) is 0 Å². The van der Waals surface area contributed by atoms with Crippen LogP contribution in [0.15, 0.2) is 24.3 Å². The fourth-order valence-electron chi connectivity index (χ4n) is 1.49. The molecular weight excluding hydrogens is 243 g/mol. The third-order valence-electron chi connectivity index (χ3n) is 2.42. The maximum atomic E-state index is 13.4. The van der Waals surface area contributed by atoms with Gasteiger partial charge in [-0.2, -0.15) is 0 Å². The summed E-state index contributed by atoms with van der Waals surface area (Å²) in [6.45, 7) is 3.98. The fourth-order valence-corrected chi connectivity index (χ4v) is 1.49. The van der Waals surface area contributed by atoms with Crippen molar-refractivity contribution in [1.29, 1.82) is 0 Å². The molecule has 0 aliphatic rings. The van der Waals surface area contributed by atoms with Gasteiger partial charge in [-0.3, -0.25) is 4.79 Å². The number of nitrogens with zero attached hydrogens (tertiary/aromatic N) is 1. The largest absolute Gasteiger partial charge is 0.335 e. The van der Waals surface area contributed by atoms with E-state index in [4.69, 9.17) is 5.73 Å². The zero-order valence-electron chi connectivity index (χ0n) is 10.0. The van der Waals surface area contributed by atoms with Gasteiger partial charge in [0, 0.05) is 18.2 Å². The molecule has 1 aromatic rings. The molecule has 0 spiro atoms. The van der Waals surface area contributed by atoms with Crippen molar-refractivity contribution in [3.63, 3.8) is 0 Å². The second-order valence-electron chi connectivity index (χ2n) is 3.91. The van der Waals surface area contributed by atoms with Crippen molar-refractivity contribution in [2.75, 3.05) is 6.54 Å². The number of nitrogens with two attached hydrogens (primary N) is 1. The van der Waals surface area contributed by atoms with Crippen LogP contribution in [0, 0.1) is 5.82 Å². The lowest BCUT2D eigenvalue weighted by Crippen LogP contribution is -2.40. The first kappa shape index (κ1) is 15.9. The highest BCUT2D eigenvalue weighted by molar-refractivity contribution is 5.85. The highest BCUT2D eigenvalue weighted by Gasteiger charge is 2.16. The first-order valence-electron chi connectivity index (χ1n) is 5.29. The number of rotatable bonds is 4. The average molecular weight is 261 g/mol. The number of amides is 1. The number of hydrogen-bond donors (Lipinski definition) is 1. The Balaban J connectivity index is 0.00000256. The predicted molar refractivity (Wildman–Crippen MR) is 68.4 cm³/mol. The van der Waals surface area contributed by atoms with E-state index >= 15 is 0 Å². The molecule has 0 heterocycles. The lowest BCUT2D eigenvalue weighted by atomic mass is 10.1. The number of hydrogen-bond acceptors (Lipinski definition) is 2. The van der Waals surface area contributed by atoms with Gasteiger partial charge in [0.1, 0.15) is 5.82 Å². The monoisotopic (exact) mass is 260 g/mol. The number of halogens is 2. The van der Waals surface area contributed by atoms with Crippen LogP contribution < -0.4 is 5.73 Å². The van der Waals surface area contributed by atoms with Crippen LogP contribution >= 0.6 is 12.4 Å². The molecule has 0 bridgehead atoms. The SMILES string of the molecule is CC(C)N(Cc1ccccc1F)C(=O)CN.Cl. The molecule has 96 valence electrons. The molecule has 0 fully saturated rings. The molecule has 1 rings (SSSR count). The third kappa shape index (κ3) is 4.32. The zero-order valence-corrected chi connectivity index (χ0v) is 10.8. The van der Waals surface area contributed by atoms with Crippen LogP contribution in [0.5, 0.6) is 0 Å². The second-order valence-corrected chi connectivity index (χ2v) is 3.91. The van der Waals surface area contributed by atoms with Crippen molar-refractivity contribution in [1.82, 2.24) is 4.90 Å². The van der Waals surface area contributed by atoms with Gasteiger partial charge in [-0.15, -0.1) is 12.4 Å². The minimum atomic E-state index is -0.294. The molecule has 17 heavy (non-hydrogen) atoms. The Morgan fingerprint density at radius 1 is 1.41 bits per heavy atom. The van der Waals surface area contributed by atoms with Crippen LogP contribution in [0.3, 0.4) is 0 Å². The third-order valence-corrected chi connectivity index (χ3v) is 2.42. The summed E-state index contributed by atoms with van der Waals surface area (Å²) in [5.41, 5.74) is 5.83. The molecular formula is C12H18ClFN2O. The number of carbonyl (C=O) groups excluding carboxylic acids is 1. The topological polar surface area (TPSA) is 46.3 Å². The number of benzene rings is 1. The fraction of sp³-hybridized carbons (Fsp3) is 0.417. The first-order chi connectivity index (χ1) is 7.56. The molecule has 1 amide bonds. The van der Waals surface area contributed by atoms with E-state index in [0.29, 0.717) is 5.56 Å². The van der Waals surface area contributed by atoms with Crippen molar-refractivity contribution in [2.24, 2.45) is 5.73 Å². The smallest absolute Gasteiger partial charge is 0.236 e. The summed E-state index contributed by atoms with van der Waals surface area (Å²) in [5, 5.41) is 0. The van der Waals surface area contributed by atoms with E-state index < -0.39 is 0 Å². The normalized spacial score (nSPS) is 9.94. The Hall–Kier alpha value is -1.13. The average Bonchev–Trinajstić information content (AvgIpc) is 2.26. The lowest BCUT2D eigenvalue weighted by Gasteiger charge is -2.26. The Morgan fingerprint density at radius 3 is 2.47 bits per heavy atom. The van der Waals surface area contributed by atoms with E-state index in [-0.39, 0.29) is 43.3 Å². The second kappa shape index (κ2) is 7.25. The summed E-state index contributed by atoms with van der Waals surface area (Å²) in [4.78, 5) is 13.1. The van der Waals surface area contributed by atoms with Gasteiger partial charge in [0.25, 0.3) is 0 Å².